The van der Waals surface area contributed by atoms with E-state index in [-0.39, 0.29) is 11.1 Å². The zero-order valence-corrected chi connectivity index (χ0v) is 19.0. The predicted molar refractivity (Wildman–Crippen MR) is 122 cm³/mol. The highest BCUT2D eigenvalue weighted by atomic mass is 32.2. The van der Waals surface area contributed by atoms with Crippen LogP contribution in [0.5, 0.6) is 17.2 Å². The summed E-state index contributed by atoms with van der Waals surface area (Å²) in [5, 5.41) is 4.29. The number of aryl methyl sites for hydroxylation is 2. The number of nitrogens with zero attached hydrogens (tertiary/aromatic N) is 2. The van der Waals surface area contributed by atoms with Crippen molar-refractivity contribution in [2.45, 2.75) is 45.1 Å². The van der Waals surface area contributed by atoms with E-state index in [0.717, 1.165) is 39.0 Å². The van der Waals surface area contributed by atoms with Crippen molar-refractivity contribution in [3.8, 4) is 17.2 Å². The van der Waals surface area contributed by atoms with Crippen LogP contribution in [0.2, 0.25) is 0 Å². The second-order valence-corrected chi connectivity index (χ2v) is 9.28. The minimum Gasteiger partial charge on any atom is -0.492 e. The second-order valence-electron chi connectivity index (χ2n) is 8.11. The summed E-state index contributed by atoms with van der Waals surface area (Å²) in [6.45, 7) is 10.5. The van der Waals surface area contributed by atoms with E-state index >= 15 is 0 Å². The maximum absolute atomic E-state index is 12.2. The normalized spacial score (nSPS) is 11.4. The lowest BCUT2D eigenvalue weighted by atomic mass is 10.1. The van der Waals surface area contributed by atoms with Crippen LogP contribution in [0.4, 0.5) is 0 Å². The Morgan fingerprint density at radius 2 is 1.67 bits per heavy atom. The third kappa shape index (κ3) is 5.66. The summed E-state index contributed by atoms with van der Waals surface area (Å²) in [5.74, 6) is 3.20. The fraction of sp³-hybridized carbons (Fsp3) is 0.333. The van der Waals surface area contributed by atoms with Gasteiger partial charge in [0.25, 0.3) is 5.56 Å². The van der Waals surface area contributed by atoms with Crippen molar-refractivity contribution in [3.05, 3.63) is 76.2 Å². The largest absolute Gasteiger partial charge is 0.492 e. The number of rotatable bonds is 7. The van der Waals surface area contributed by atoms with E-state index in [1.54, 1.807) is 24.0 Å². The number of ether oxygens (including phenoxy) is 2. The van der Waals surface area contributed by atoms with Crippen molar-refractivity contribution in [3.63, 3.8) is 0 Å². The first-order chi connectivity index (χ1) is 14.2. The Kier molecular flexibility index (Phi) is 6.87. The van der Waals surface area contributed by atoms with Gasteiger partial charge in [0.05, 0.1) is 18.3 Å². The molecule has 0 N–H and O–H groups in total. The molecule has 0 fully saturated rings. The van der Waals surface area contributed by atoms with Crippen LogP contribution < -0.4 is 15.0 Å². The van der Waals surface area contributed by atoms with Crippen molar-refractivity contribution in [2.75, 3.05) is 12.4 Å². The standard InChI is InChI=1S/C24H28N2O3S/c1-17-13-20(29-19-9-7-6-8-10-19)14-18(2)23(17)28-11-12-30-21-15-22(27)26(25-16-21)24(3,4)5/h6-10,13-16H,11-12H2,1-5H3. The first-order valence-corrected chi connectivity index (χ1v) is 10.9. The molecule has 0 unspecified atom stereocenters. The van der Waals surface area contributed by atoms with Gasteiger partial charge in [-0.05, 0) is 70.0 Å². The zero-order chi connectivity index (χ0) is 21.7. The molecule has 6 heteroatoms. The van der Waals surface area contributed by atoms with Gasteiger partial charge in [-0.15, -0.1) is 11.8 Å². The number of hydrogen-bond acceptors (Lipinski definition) is 5. The molecular formula is C24H28N2O3S. The zero-order valence-electron chi connectivity index (χ0n) is 18.1. The average molecular weight is 425 g/mol. The number of aromatic nitrogens is 2. The van der Waals surface area contributed by atoms with E-state index in [2.05, 4.69) is 5.10 Å². The highest BCUT2D eigenvalue weighted by Gasteiger charge is 2.16. The van der Waals surface area contributed by atoms with Crippen LogP contribution in [0.3, 0.4) is 0 Å². The lowest BCUT2D eigenvalue weighted by molar-refractivity contribution is 0.335. The first kappa shape index (κ1) is 22.0. The maximum Gasteiger partial charge on any atom is 0.268 e. The Balaban J connectivity index is 1.57. The van der Waals surface area contributed by atoms with Gasteiger partial charge in [0, 0.05) is 16.7 Å². The highest BCUT2D eigenvalue weighted by molar-refractivity contribution is 7.99. The smallest absolute Gasteiger partial charge is 0.268 e. The number of benzene rings is 2. The summed E-state index contributed by atoms with van der Waals surface area (Å²) >= 11 is 1.56. The molecule has 5 nitrogen and oxygen atoms in total. The quantitative estimate of drug-likeness (QED) is 0.366. The Labute approximate surface area is 182 Å². The van der Waals surface area contributed by atoms with E-state index < -0.39 is 0 Å². The van der Waals surface area contributed by atoms with Crippen molar-refractivity contribution in [1.82, 2.24) is 9.78 Å². The molecule has 3 aromatic rings. The molecule has 0 bridgehead atoms. The fourth-order valence-electron chi connectivity index (χ4n) is 3.10. The SMILES string of the molecule is Cc1cc(Oc2ccccc2)cc(C)c1OCCSc1cnn(C(C)(C)C)c(=O)c1. The molecule has 0 aliphatic rings. The van der Waals surface area contributed by atoms with Crippen LogP contribution in [-0.4, -0.2) is 22.1 Å². The van der Waals surface area contributed by atoms with Gasteiger partial charge >= 0.3 is 0 Å². The van der Waals surface area contributed by atoms with E-state index in [4.69, 9.17) is 9.47 Å². The fourth-order valence-corrected chi connectivity index (χ4v) is 3.81. The van der Waals surface area contributed by atoms with Crippen LogP contribution in [0, 0.1) is 13.8 Å². The molecule has 0 saturated carbocycles. The van der Waals surface area contributed by atoms with Crippen molar-refractivity contribution in [2.24, 2.45) is 0 Å². The molecule has 2 aromatic carbocycles. The Hall–Kier alpha value is -2.73. The third-order valence-corrected chi connectivity index (χ3v) is 5.35. The summed E-state index contributed by atoms with van der Waals surface area (Å²) in [4.78, 5) is 13.1. The molecule has 158 valence electrons. The van der Waals surface area contributed by atoms with Gasteiger partial charge in [-0.2, -0.15) is 5.10 Å². The minimum absolute atomic E-state index is 0.0888. The molecule has 0 aliphatic carbocycles. The highest BCUT2D eigenvalue weighted by Crippen LogP contribution is 2.31. The molecule has 0 amide bonds. The van der Waals surface area contributed by atoms with Gasteiger partial charge in [0.1, 0.15) is 17.2 Å². The summed E-state index contributed by atoms with van der Waals surface area (Å²) < 4.78 is 13.4. The van der Waals surface area contributed by atoms with Crippen molar-refractivity contribution < 1.29 is 9.47 Å². The van der Waals surface area contributed by atoms with Gasteiger partial charge in [0.2, 0.25) is 0 Å². The molecule has 1 aromatic heterocycles. The van der Waals surface area contributed by atoms with E-state index in [1.807, 2.05) is 77.1 Å². The molecule has 0 radical (unpaired) electrons. The summed E-state index contributed by atoms with van der Waals surface area (Å²) in [7, 11) is 0. The molecule has 0 atom stereocenters. The van der Waals surface area contributed by atoms with Crippen LogP contribution in [-0.2, 0) is 5.54 Å². The first-order valence-electron chi connectivity index (χ1n) is 9.93. The minimum atomic E-state index is -0.325. The van der Waals surface area contributed by atoms with Gasteiger partial charge in [-0.1, -0.05) is 18.2 Å². The second kappa shape index (κ2) is 9.39. The molecule has 0 spiro atoms. The van der Waals surface area contributed by atoms with Crippen LogP contribution in [0.15, 0.2) is 64.4 Å². The number of hydrogen-bond donors (Lipinski definition) is 0. The lowest BCUT2D eigenvalue weighted by Gasteiger charge is -2.20. The Morgan fingerprint density at radius 3 is 2.27 bits per heavy atom. The van der Waals surface area contributed by atoms with E-state index in [1.165, 1.54) is 4.68 Å². The lowest BCUT2D eigenvalue weighted by Crippen LogP contribution is -2.35. The summed E-state index contributed by atoms with van der Waals surface area (Å²) in [6, 6.07) is 15.3. The summed E-state index contributed by atoms with van der Waals surface area (Å²) in [5.41, 5.74) is 1.64. The molecule has 0 saturated heterocycles. The van der Waals surface area contributed by atoms with Gasteiger partial charge in [-0.3, -0.25) is 4.79 Å². The Bertz CT molecular complexity index is 1030. The van der Waals surface area contributed by atoms with Gasteiger partial charge in [0.15, 0.2) is 0 Å². The maximum atomic E-state index is 12.2. The monoisotopic (exact) mass is 424 g/mol. The van der Waals surface area contributed by atoms with Crippen molar-refractivity contribution in [1.29, 1.82) is 0 Å². The van der Waals surface area contributed by atoms with Crippen LogP contribution >= 0.6 is 11.8 Å². The molecule has 0 aliphatic heterocycles. The molecular weight excluding hydrogens is 396 g/mol. The van der Waals surface area contributed by atoms with Crippen LogP contribution in [0.25, 0.3) is 0 Å². The predicted octanol–water partition coefficient (Wildman–Crippen LogP) is 5.58. The van der Waals surface area contributed by atoms with Gasteiger partial charge in [-0.25, -0.2) is 4.68 Å². The van der Waals surface area contributed by atoms with Crippen LogP contribution in [0.1, 0.15) is 31.9 Å². The van der Waals surface area contributed by atoms with Gasteiger partial charge < -0.3 is 9.47 Å². The Morgan fingerprint density at radius 1 is 1.00 bits per heavy atom. The summed E-state index contributed by atoms with van der Waals surface area (Å²) in [6.07, 6.45) is 1.74. The number of thioether (sulfide) groups is 1. The van der Waals surface area contributed by atoms with E-state index in [9.17, 15) is 4.79 Å². The topological polar surface area (TPSA) is 53.4 Å². The molecule has 1 heterocycles. The average Bonchev–Trinajstić information content (AvgIpc) is 2.66. The third-order valence-electron chi connectivity index (χ3n) is 4.42. The van der Waals surface area contributed by atoms with E-state index in [0.29, 0.717) is 6.61 Å². The molecule has 30 heavy (non-hydrogen) atoms. The number of para-hydroxylation sites is 1. The molecule has 3 rings (SSSR count). The van der Waals surface area contributed by atoms with Crippen molar-refractivity contribution >= 4 is 11.8 Å².